The zero-order valence-electron chi connectivity index (χ0n) is 12.9. The SMILES string of the molecule is CNC1CCC(C(C)C)CC1CCc1cnn(C)c1. The van der Waals surface area contributed by atoms with Crippen LogP contribution in [0.3, 0.4) is 0 Å². The van der Waals surface area contributed by atoms with Crippen LogP contribution in [0.15, 0.2) is 12.4 Å². The highest BCUT2D eigenvalue weighted by Crippen LogP contribution is 2.36. The second-order valence-electron chi connectivity index (χ2n) is 6.53. The molecule has 0 amide bonds. The molecular weight excluding hydrogens is 234 g/mol. The average Bonchev–Trinajstić information content (AvgIpc) is 2.81. The molecule has 3 atom stereocenters. The summed E-state index contributed by atoms with van der Waals surface area (Å²) in [4.78, 5) is 0. The van der Waals surface area contributed by atoms with Crippen LogP contribution in [0, 0.1) is 17.8 Å². The summed E-state index contributed by atoms with van der Waals surface area (Å²) in [5.41, 5.74) is 1.38. The number of hydrogen-bond donors (Lipinski definition) is 1. The summed E-state index contributed by atoms with van der Waals surface area (Å²) >= 11 is 0. The highest BCUT2D eigenvalue weighted by molar-refractivity contribution is 5.04. The second-order valence-corrected chi connectivity index (χ2v) is 6.53. The monoisotopic (exact) mass is 263 g/mol. The highest BCUT2D eigenvalue weighted by atomic mass is 15.2. The summed E-state index contributed by atoms with van der Waals surface area (Å²) in [7, 11) is 4.12. The Morgan fingerprint density at radius 3 is 2.79 bits per heavy atom. The van der Waals surface area contributed by atoms with Crippen LogP contribution in [0.1, 0.15) is 45.1 Å². The molecule has 3 nitrogen and oxygen atoms in total. The summed E-state index contributed by atoms with van der Waals surface area (Å²) in [6, 6.07) is 0.715. The predicted molar refractivity (Wildman–Crippen MR) is 80.0 cm³/mol. The fourth-order valence-corrected chi connectivity index (χ4v) is 3.56. The van der Waals surface area contributed by atoms with Gasteiger partial charge in [-0.05, 0) is 62.5 Å². The Morgan fingerprint density at radius 2 is 2.21 bits per heavy atom. The lowest BCUT2D eigenvalue weighted by Gasteiger charge is -2.38. The van der Waals surface area contributed by atoms with Gasteiger partial charge < -0.3 is 5.32 Å². The van der Waals surface area contributed by atoms with Crippen LogP contribution in [0.25, 0.3) is 0 Å². The summed E-state index contributed by atoms with van der Waals surface area (Å²) in [5.74, 6) is 2.58. The number of nitrogens with zero attached hydrogens (tertiary/aromatic N) is 2. The number of rotatable bonds is 5. The molecule has 1 aliphatic carbocycles. The van der Waals surface area contributed by atoms with Crippen molar-refractivity contribution in [3.63, 3.8) is 0 Å². The van der Waals surface area contributed by atoms with Gasteiger partial charge in [-0.15, -0.1) is 0 Å². The lowest BCUT2D eigenvalue weighted by Crippen LogP contribution is -2.39. The lowest BCUT2D eigenvalue weighted by atomic mass is 9.72. The van der Waals surface area contributed by atoms with Crippen LogP contribution >= 0.6 is 0 Å². The number of aromatic nitrogens is 2. The molecule has 3 heteroatoms. The Labute approximate surface area is 117 Å². The molecule has 0 spiro atoms. The largest absolute Gasteiger partial charge is 0.317 e. The zero-order valence-corrected chi connectivity index (χ0v) is 12.9. The van der Waals surface area contributed by atoms with Crippen LogP contribution in [0.4, 0.5) is 0 Å². The van der Waals surface area contributed by atoms with E-state index in [1.54, 1.807) is 0 Å². The van der Waals surface area contributed by atoms with Gasteiger partial charge in [-0.1, -0.05) is 13.8 Å². The van der Waals surface area contributed by atoms with E-state index < -0.39 is 0 Å². The number of aryl methyl sites for hydroxylation is 2. The van der Waals surface area contributed by atoms with Crippen molar-refractivity contribution in [1.29, 1.82) is 0 Å². The predicted octanol–water partition coefficient (Wildman–Crippen LogP) is 3.01. The van der Waals surface area contributed by atoms with Gasteiger partial charge in [0.05, 0.1) is 6.20 Å². The lowest BCUT2D eigenvalue weighted by molar-refractivity contribution is 0.166. The number of nitrogens with one attached hydrogen (secondary N) is 1. The van der Waals surface area contributed by atoms with E-state index in [1.165, 1.54) is 37.7 Å². The van der Waals surface area contributed by atoms with Crippen molar-refractivity contribution in [2.24, 2.45) is 24.8 Å². The molecule has 1 heterocycles. The molecule has 3 unspecified atom stereocenters. The van der Waals surface area contributed by atoms with E-state index in [0.29, 0.717) is 6.04 Å². The summed E-state index contributed by atoms with van der Waals surface area (Å²) < 4.78 is 1.91. The Kier molecular flexibility index (Phi) is 5.03. The minimum absolute atomic E-state index is 0.715. The fraction of sp³-hybridized carbons (Fsp3) is 0.812. The Hall–Kier alpha value is -0.830. The van der Waals surface area contributed by atoms with Crippen molar-refractivity contribution in [2.45, 2.75) is 52.0 Å². The summed E-state index contributed by atoms with van der Waals surface area (Å²) in [6.07, 6.45) is 10.8. The standard InChI is InChI=1S/C16H29N3/c1-12(2)14-7-8-16(17-3)15(9-14)6-5-13-10-18-19(4)11-13/h10-12,14-17H,5-9H2,1-4H3. The third-order valence-corrected chi connectivity index (χ3v) is 4.90. The van der Waals surface area contributed by atoms with Crippen molar-refractivity contribution < 1.29 is 0 Å². The van der Waals surface area contributed by atoms with E-state index >= 15 is 0 Å². The molecule has 0 radical (unpaired) electrons. The van der Waals surface area contributed by atoms with Crippen LogP contribution in [-0.2, 0) is 13.5 Å². The van der Waals surface area contributed by atoms with Crippen LogP contribution in [-0.4, -0.2) is 22.9 Å². The van der Waals surface area contributed by atoms with E-state index in [9.17, 15) is 0 Å². The Bertz CT molecular complexity index is 383. The van der Waals surface area contributed by atoms with Crippen molar-refractivity contribution in [2.75, 3.05) is 7.05 Å². The molecular formula is C16H29N3. The third-order valence-electron chi connectivity index (χ3n) is 4.90. The quantitative estimate of drug-likeness (QED) is 0.885. The molecule has 1 aromatic heterocycles. The van der Waals surface area contributed by atoms with E-state index in [-0.39, 0.29) is 0 Å². The normalized spacial score (nSPS) is 27.9. The zero-order chi connectivity index (χ0) is 13.8. The van der Waals surface area contributed by atoms with Crippen LogP contribution < -0.4 is 5.32 Å². The van der Waals surface area contributed by atoms with Crippen molar-refractivity contribution in [1.82, 2.24) is 15.1 Å². The maximum Gasteiger partial charge on any atom is 0.0521 e. The summed E-state index contributed by atoms with van der Waals surface area (Å²) in [5, 5.41) is 7.80. The van der Waals surface area contributed by atoms with Crippen molar-refractivity contribution in [3.05, 3.63) is 18.0 Å². The molecule has 1 fully saturated rings. The van der Waals surface area contributed by atoms with Crippen LogP contribution in [0.5, 0.6) is 0 Å². The molecule has 108 valence electrons. The number of hydrogen-bond acceptors (Lipinski definition) is 2. The van der Waals surface area contributed by atoms with Gasteiger partial charge in [0.15, 0.2) is 0 Å². The Balaban J connectivity index is 1.91. The molecule has 19 heavy (non-hydrogen) atoms. The van der Waals surface area contributed by atoms with Gasteiger partial charge in [-0.25, -0.2) is 0 Å². The van der Waals surface area contributed by atoms with E-state index in [2.05, 4.69) is 37.5 Å². The molecule has 0 aromatic carbocycles. The van der Waals surface area contributed by atoms with Crippen molar-refractivity contribution >= 4 is 0 Å². The fourth-order valence-electron chi connectivity index (χ4n) is 3.56. The molecule has 1 aliphatic rings. The first-order valence-corrected chi connectivity index (χ1v) is 7.75. The minimum atomic E-state index is 0.715. The molecule has 0 aliphatic heterocycles. The third kappa shape index (κ3) is 3.82. The van der Waals surface area contributed by atoms with Gasteiger partial charge in [0.1, 0.15) is 0 Å². The topological polar surface area (TPSA) is 29.9 Å². The highest BCUT2D eigenvalue weighted by Gasteiger charge is 2.30. The molecule has 2 rings (SSSR count). The second kappa shape index (κ2) is 6.56. The van der Waals surface area contributed by atoms with Crippen molar-refractivity contribution in [3.8, 4) is 0 Å². The van der Waals surface area contributed by atoms with E-state index in [0.717, 1.165) is 17.8 Å². The van der Waals surface area contributed by atoms with Crippen LogP contribution in [0.2, 0.25) is 0 Å². The van der Waals surface area contributed by atoms with Gasteiger partial charge >= 0.3 is 0 Å². The molecule has 0 bridgehead atoms. The van der Waals surface area contributed by atoms with Gasteiger partial charge in [-0.3, -0.25) is 4.68 Å². The molecule has 1 N–H and O–H groups in total. The smallest absolute Gasteiger partial charge is 0.0521 e. The van der Waals surface area contributed by atoms with Gasteiger partial charge in [0, 0.05) is 19.3 Å². The molecule has 1 aromatic rings. The van der Waals surface area contributed by atoms with Gasteiger partial charge in [0.2, 0.25) is 0 Å². The first kappa shape index (κ1) is 14.6. The Morgan fingerprint density at radius 1 is 1.42 bits per heavy atom. The summed E-state index contributed by atoms with van der Waals surface area (Å²) in [6.45, 7) is 4.76. The first-order valence-electron chi connectivity index (χ1n) is 7.75. The maximum absolute atomic E-state index is 4.26. The molecule has 0 saturated heterocycles. The van der Waals surface area contributed by atoms with E-state index in [1.807, 2.05) is 17.9 Å². The maximum atomic E-state index is 4.26. The van der Waals surface area contributed by atoms with Gasteiger partial charge in [0.25, 0.3) is 0 Å². The first-order chi connectivity index (χ1) is 9.10. The minimum Gasteiger partial charge on any atom is -0.317 e. The molecule has 1 saturated carbocycles. The average molecular weight is 263 g/mol. The van der Waals surface area contributed by atoms with E-state index in [4.69, 9.17) is 0 Å². The van der Waals surface area contributed by atoms with Gasteiger partial charge in [-0.2, -0.15) is 5.10 Å².